The van der Waals surface area contributed by atoms with Gasteiger partial charge in [-0.1, -0.05) is 371 Å². The van der Waals surface area contributed by atoms with Gasteiger partial charge in [0.25, 0.3) is 0 Å². The van der Waals surface area contributed by atoms with Crippen LogP contribution in [0.5, 0.6) is 0 Å². The summed E-state index contributed by atoms with van der Waals surface area (Å²) in [6.07, 6.45) is 92.4. The highest BCUT2D eigenvalue weighted by Crippen LogP contribution is 2.19. The maximum atomic E-state index is 12.5. The standard InChI is InChI=1S/C76H145NO5/c1-3-5-7-9-11-13-15-17-19-21-22-23-31-34-37-40-44-48-52-56-60-64-68-74(79)73(72-78)77-75(80)69-65-61-57-53-49-45-41-38-35-32-29-27-25-24-26-28-30-33-36-39-43-47-51-55-59-63-67-71-82-76(81)70-66-62-58-54-50-46-42-20-18-16-14-12-10-8-6-4-2/h14,16,20,42,64,68,73-74,78-79H,3-13,15,17-19,21-41,43-63,65-67,69-72H2,1-2H3,(H,77,80)/b16-14-,42-20-,68-64+. The van der Waals surface area contributed by atoms with E-state index in [0.29, 0.717) is 19.4 Å². The van der Waals surface area contributed by atoms with Gasteiger partial charge in [0.05, 0.1) is 25.4 Å². The van der Waals surface area contributed by atoms with Crippen molar-refractivity contribution in [1.29, 1.82) is 0 Å². The molecule has 0 aliphatic carbocycles. The van der Waals surface area contributed by atoms with Gasteiger partial charge >= 0.3 is 5.97 Å². The second-order valence-electron chi connectivity index (χ2n) is 25.6. The maximum Gasteiger partial charge on any atom is 0.305 e. The van der Waals surface area contributed by atoms with E-state index in [1.165, 1.54) is 334 Å². The summed E-state index contributed by atoms with van der Waals surface area (Å²) >= 11 is 0. The van der Waals surface area contributed by atoms with E-state index in [-0.39, 0.29) is 18.5 Å². The van der Waals surface area contributed by atoms with Crippen molar-refractivity contribution in [2.75, 3.05) is 13.2 Å². The zero-order valence-electron chi connectivity index (χ0n) is 55.5. The van der Waals surface area contributed by atoms with Crippen molar-refractivity contribution >= 4 is 11.9 Å². The minimum absolute atomic E-state index is 0.00483. The van der Waals surface area contributed by atoms with Gasteiger partial charge in [-0.3, -0.25) is 9.59 Å². The van der Waals surface area contributed by atoms with E-state index in [2.05, 4.69) is 43.5 Å². The zero-order valence-corrected chi connectivity index (χ0v) is 55.5. The molecule has 0 spiro atoms. The van der Waals surface area contributed by atoms with Crippen molar-refractivity contribution in [1.82, 2.24) is 5.32 Å². The normalized spacial score (nSPS) is 12.7. The quantitative estimate of drug-likeness (QED) is 0.0320. The molecule has 3 N–H and O–H groups in total. The zero-order chi connectivity index (χ0) is 59.2. The van der Waals surface area contributed by atoms with Crippen LogP contribution < -0.4 is 5.32 Å². The molecule has 82 heavy (non-hydrogen) atoms. The van der Waals surface area contributed by atoms with E-state index in [4.69, 9.17) is 4.74 Å². The minimum Gasteiger partial charge on any atom is -0.466 e. The van der Waals surface area contributed by atoms with Crippen molar-refractivity contribution in [2.45, 2.75) is 424 Å². The summed E-state index contributed by atoms with van der Waals surface area (Å²) in [5, 5.41) is 23.3. The highest BCUT2D eigenvalue weighted by molar-refractivity contribution is 5.76. The van der Waals surface area contributed by atoms with E-state index < -0.39 is 12.1 Å². The molecule has 0 aliphatic rings. The van der Waals surface area contributed by atoms with Gasteiger partial charge in [-0.05, 0) is 64.2 Å². The van der Waals surface area contributed by atoms with Gasteiger partial charge in [0.1, 0.15) is 0 Å². The van der Waals surface area contributed by atoms with E-state index in [1.807, 2.05) is 6.08 Å². The molecule has 0 fully saturated rings. The Kier molecular flexibility index (Phi) is 69.9. The summed E-state index contributed by atoms with van der Waals surface area (Å²) in [4.78, 5) is 24.6. The Morgan fingerprint density at radius 3 is 0.939 bits per heavy atom. The van der Waals surface area contributed by atoms with E-state index >= 15 is 0 Å². The summed E-state index contributed by atoms with van der Waals surface area (Å²) in [6.45, 7) is 4.92. The Morgan fingerprint density at radius 1 is 0.341 bits per heavy atom. The van der Waals surface area contributed by atoms with E-state index in [9.17, 15) is 19.8 Å². The van der Waals surface area contributed by atoms with Gasteiger partial charge < -0.3 is 20.3 Å². The average Bonchev–Trinajstić information content (AvgIpc) is 3.48. The van der Waals surface area contributed by atoms with Crippen LogP contribution in [-0.4, -0.2) is 47.4 Å². The molecule has 1 amide bonds. The summed E-state index contributed by atoms with van der Waals surface area (Å²) in [7, 11) is 0. The molecule has 0 bridgehead atoms. The first kappa shape index (κ1) is 80.1. The van der Waals surface area contributed by atoms with Crippen LogP contribution in [0.4, 0.5) is 0 Å². The topological polar surface area (TPSA) is 95.9 Å². The van der Waals surface area contributed by atoms with Crippen LogP contribution in [-0.2, 0) is 14.3 Å². The minimum atomic E-state index is -0.844. The van der Waals surface area contributed by atoms with Gasteiger partial charge in [-0.15, -0.1) is 0 Å². The van der Waals surface area contributed by atoms with Crippen LogP contribution in [0.3, 0.4) is 0 Å². The summed E-state index contributed by atoms with van der Waals surface area (Å²) in [6, 6.07) is -0.627. The number of carbonyl (C=O) groups is 2. The predicted octanol–water partition coefficient (Wildman–Crippen LogP) is 24.3. The molecule has 0 rings (SSSR count). The van der Waals surface area contributed by atoms with Gasteiger partial charge in [0, 0.05) is 12.8 Å². The maximum absolute atomic E-state index is 12.5. The van der Waals surface area contributed by atoms with Crippen LogP contribution in [0, 0.1) is 0 Å². The van der Waals surface area contributed by atoms with Crippen molar-refractivity contribution in [2.24, 2.45) is 0 Å². The first-order valence-corrected chi connectivity index (χ1v) is 37.3. The molecule has 2 atom stereocenters. The molecule has 484 valence electrons. The number of aliphatic hydroxyl groups excluding tert-OH is 2. The van der Waals surface area contributed by atoms with Crippen molar-refractivity contribution in [3.63, 3.8) is 0 Å². The number of ether oxygens (including phenoxy) is 1. The molecule has 0 radical (unpaired) electrons. The van der Waals surface area contributed by atoms with Crippen LogP contribution in [0.25, 0.3) is 0 Å². The highest BCUT2D eigenvalue weighted by atomic mass is 16.5. The lowest BCUT2D eigenvalue weighted by atomic mass is 10.0. The fourth-order valence-corrected chi connectivity index (χ4v) is 11.7. The number of hydrogen-bond acceptors (Lipinski definition) is 5. The fraction of sp³-hybridized carbons (Fsp3) is 0.895. The largest absolute Gasteiger partial charge is 0.466 e. The van der Waals surface area contributed by atoms with Crippen LogP contribution in [0.1, 0.15) is 412 Å². The smallest absolute Gasteiger partial charge is 0.305 e. The van der Waals surface area contributed by atoms with Crippen LogP contribution in [0.15, 0.2) is 36.5 Å². The third-order valence-electron chi connectivity index (χ3n) is 17.4. The Labute approximate surface area is 513 Å². The van der Waals surface area contributed by atoms with Crippen LogP contribution >= 0.6 is 0 Å². The summed E-state index contributed by atoms with van der Waals surface area (Å²) in [5.74, 6) is -0.0563. The number of carbonyl (C=O) groups excluding carboxylic acids is 2. The molecule has 0 aliphatic heterocycles. The van der Waals surface area contributed by atoms with E-state index in [1.54, 1.807) is 6.08 Å². The summed E-state index contributed by atoms with van der Waals surface area (Å²) in [5.41, 5.74) is 0. The number of aliphatic hydroxyl groups is 2. The number of rotatable bonds is 70. The second kappa shape index (κ2) is 71.6. The third kappa shape index (κ3) is 67.2. The molecular weight excluding hydrogens is 1010 g/mol. The number of hydrogen-bond donors (Lipinski definition) is 3. The average molecular weight is 1150 g/mol. The van der Waals surface area contributed by atoms with Crippen molar-refractivity contribution < 1.29 is 24.5 Å². The lowest BCUT2D eigenvalue weighted by Crippen LogP contribution is -2.45. The molecule has 6 heteroatoms. The van der Waals surface area contributed by atoms with Crippen molar-refractivity contribution in [3.8, 4) is 0 Å². The number of nitrogens with one attached hydrogen (secondary N) is 1. The lowest BCUT2D eigenvalue weighted by Gasteiger charge is -2.20. The Morgan fingerprint density at radius 2 is 0.610 bits per heavy atom. The Bertz CT molecular complexity index is 1330. The van der Waals surface area contributed by atoms with Gasteiger partial charge in [-0.2, -0.15) is 0 Å². The monoisotopic (exact) mass is 1150 g/mol. The molecule has 0 saturated carbocycles. The van der Waals surface area contributed by atoms with Crippen LogP contribution in [0.2, 0.25) is 0 Å². The predicted molar refractivity (Wildman–Crippen MR) is 361 cm³/mol. The van der Waals surface area contributed by atoms with Gasteiger partial charge in [-0.25, -0.2) is 0 Å². The molecule has 6 nitrogen and oxygen atoms in total. The molecular formula is C76H145NO5. The van der Waals surface area contributed by atoms with Crippen molar-refractivity contribution in [3.05, 3.63) is 36.5 Å². The first-order chi connectivity index (χ1) is 40.5. The molecule has 2 unspecified atom stereocenters. The molecule has 0 aromatic heterocycles. The lowest BCUT2D eigenvalue weighted by molar-refractivity contribution is -0.143. The fourth-order valence-electron chi connectivity index (χ4n) is 11.7. The molecule has 0 heterocycles. The van der Waals surface area contributed by atoms with Gasteiger partial charge in [0.2, 0.25) is 5.91 Å². The van der Waals surface area contributed by atoms with E-state index in [0.717, 1.165) is 51.4 Å². The third-order valence-corrected chi connectivity index (χ3v) is 17.4. The molecule has 0 saturated heterocycles. The Balaban J connectivity index is 3.38. The second-order valence-corrected chi connectivity index (χ2v) is 25.6. The molecule has 0 aromatic carbocycles. The Hall–Kier alpha value is -1.92. The summed E-state index contributed by atoms with van der Waals surface area (Å²) < 4.78 is 5.49. The van der Waals surface area contributed by atoms with Gasteiger partial charge in [0.15, 0.2) is 0 Å². The number of esters is 1. The number of allylic oxidation sites excluding steroid dienone is 5. The first-order valence-electron chi connectivity index (χ1n) is 37.3. The number of amides is 1. The molecule has 0 aromatic rings. The SMILES string of the molecule is CCCCCC/C=C\C/C=C\CCCCCCCC(=O)OCCCCCCCCCCCCCCCCCCCCCCCCCCCCCC(=O)NC(CO)C(O)/C=C/CCCCCCCCCCCCCCCCCCCCCC. The number of unbranched alkanes of at least 4 members (excludes halogenated alkanes) is 55. The highest BCUT2D eigenvalue weighted by Gasteiger charge is 2.18.